The predicted molar refractivity (Wildman–Crippen MR) is 91.0 cm³/mol. The molecule has 25 heavy (non-hydrogen) atoms. The van der Waals surface area contributed by atoms with E-state index >= 15 is 0 Å². The van der Waals surface area contributed by atoms with Gasteiger partial charge in [-0.15, -0.1) is 0 Å². The lowest BCUT2D eigenvalue weighted by Gasteiger charge is -2.20. The second kappa shape index (κ2) is 5.43. The molecule has 0 saturated heterocycles. The van der Waals surface area contributed by atoms with Crippen molar-refractivity contribution in [2.45, 2.75) is 25.0 Å². The Morgan fingerprint density at radius 2 is 2.20 bits per heavy atom. The number of fused-ring (bicyclic) bond motifs is 4. The van der Waals surface area contributed by atoms with Gasteiger partial charge in [0.05, 0.1) is 37.0 Å². The van der Waals surface area contributed by atoms with Crippen LogP contribution >= 0.6 is 0 Å². The molecular weight excluding hydrogens is 319 g/mol. The summed E-state index contributed by atoms with van der Waals surface area (Å²) in [5, 5.41) is 10.8. The zero-order chi connectivity index (χ0) is 17.0. The first-order chi connectivity index (χ1) is 12.2. The topological polar surface area (TPSA) is 47.3 Å². The Kier molecular flexibility index (Phi) is 3.18. The maximum absolute atomic E-state index is 14.4. The summed E-state index contributed by atoms with van der Waals surface area (Å²) in [6.07, 6.45) is 3.87. The number of halogens is 1. The van der Waals surface area contributed by atoms with Crippen molar-refractivity contribution in [2.75, 3.05) is 6.61 Å². The molecule has 1 N–H and O–H groups in total. The standard InChI is InChI=1S/C20H17FN2O2/c21-16-8-20-12(5-6-25-20)7-15(16)19(24)9-17-13-3-1-2-4-14(13)18-10-22-11-23(17)18/h1-4,7-8,10-11,17,19,24H,5-6,9H2/t17-,19+/m0/s1. The van der Waals surface area contributed by atoms with E-state index in [1.807, 2.05) is 18.3 Å². The van der Waals surface area contributed by atoms with Crippen LogP contribution in [-0.4, -0.2) is 21.3 Å². The van der Waals surface area contributed by atoms with Crippen LogP contribution in [0.3, 0.4) is 0 Å². The van der Waals surface area contributed by atoms with Crippen LogP contribution in [-0.2, 0) is 6.42 Å². The minimum Gasteiger partial charge on any atom is -0.493 e. The Morgan fingerprint density at radius 3 is 3.12 bits per heavy atom. The highest BCUT2D eigenvalue weighted by Crippen LogP contribution is 2.43. The molecule has 2 aromatic carbocycles. The average Bonchev–Trinajstić information content (AvgIpc) is 3.31. The first-order valence-electron chi connectivity index (χ1n) is 8.46. The molecule has 0 saturated carbocycles. The van der Waals surface area contributed by atoms with Crippen LogP contribution in [0.15, 0.2) is 48.9 Å². The number of hydrogen-bond donors (Lipinski definition) is 1. The van der Waals surface area contributed by atoms with E-state index in [1.165, 1.54) is 6.07 Å². The van der Waals surface area contributed by atoms with E-state index in [-0.39, 0.29) is 6.04 Å². The lowest BCUT2D eigenvalue weighted by atomic mass is 9.94. The van der Waals surface area contributed by atoms with Crippen molar-refractivity contribution < 1.29 is 14.2 Å². The Labute approximate surface area is 144 Å². The number of imidazole rings is 1. The van der Waals surface area contributed by atoms with E-state index in [0.29, 0.717) is 24.3 Å². The first-order valence-corrected chi connectivity index (χ1v) is 8.46. The van der Waals surface area contributed by atoms with Gasteiger partial charge in [-0.1, -0.05) is 24.3 Å². The molecule has 5 rings (SSSR count). The van der Waals surface area contributed by atoms with Gasteiger partial charge in [0.1, 0.15) is 11.6 Å². The van der Waals surface area contributed by atoms with Crippen LogP contribution in [0.25, 0.3) is 11.3 Å². The molecule has 5 heteroatoms. The monoisotopic (exact) mass is 336 g/mol. The molecule has 2 aliphatic rings. The third-order valence-corrected chi connectivity index (χ3v) is 5.21. The summed E-state index contributed by atoms with van der Waals surface area (Å²) >= 11 is 0. The van der Waals surface area contributed by atoms with E-state index < -0.39 is 11.9 Å². The van der Waals surface area contributed by atoms with Crippen molar-refractivity contribution in [3.05, 3.63) is 71.4 Å². The number of rotatable bonds is 3. The Bertz CT molecular complexity index is 966. The number of nitrogens with zero attached hydrogens (tertiary/aromatic N) is 2. The third kappa shape index (κ3) is 2.19. The highest BCUT2D eigenvalue weighted by molar-refractivity contribution is 5.68. The van der Waals surface area contributed by atoms with Crippen LogP contribution in [0, 0.1) is 5.82 Å². The molecule has 4 nitrogen and oxygen atoms in total. The predicted octanol–water partition coefficient (Wildman–Crippen LogP) is 3.65. The highest BCUT2D eigenvalue weighted by atomic mass is 19.1. The lowest BCUT2D eigenvalue weighted by Crippen LogP contribution is -2.11. The van der Waals surface area contributed by atoms with E-state index in [4.69, 9.17) is 4.74 Å². The number of aliphatic hydroxyl groups excluding tert-OH is 1. The summed E-state index contributed by atoms with van der Waals surface area (Å²) in [5.41, 5.74) is 4.61. The SMILES string of the molecule is O[C@H](C[C@H]1c2ccccc2-c2cncn21)c1cc2c(cc1F)OCC2. The van der Waals surface area contributed by atoms with Crippen molar-refractivity contribution >= 4 is 0 Å². The molecule has 126 valence electrons. The van der Waals surface area contributed by atoms with Crippen molar-refractivity contribution in [3.8, 4) is 17.0 Å². The van der Waals surface area contributed by atoms with Crippen LogP contribution in [0.4, 0.5) is 4.39 Å². The molecule has 0 aliphatic carbocycles. The average molecular weight is 336 g/mol. The normalized spacial score (nSPS) is 18.4. The summed E-state index contributed by atoms with van der Waals surface area (Å²) in [6.45, 7) is 0.572. The Hall–Kier alpha value is -2.66. The fourth-order valence-electron chi connectivity index (χ4n) is 3.99. The molecular formula is C20H17FN2O2. The zero-order valence-corrected chi connectivity index (χ0v) is 13.5. The molecule has 2 atom stereocenters. The van der Waals surface area contributed by atoms with E-state index in [0.717, 1.165) is 28.8 Å². The molecule has 3 aromatic rings. The molecule has 0 fully saturated rings. The summed E-state index contributed by atoms with van der Waals surface area (Å²) in [4.78, 5) is 4.23. The van der Waals surface area contributed by atoms with Gasteiger partial charge in [0.25, 0.3) is 0 Å². The van der Waals surface area contributed by atoms with Crippen LogP contribution in [0.1, 0.15) is 35.3 Å². The smallest absolute Gasteiger partial charge is 0.132 e. The van der Waals surface area contributed by atoms with Crippen molar-refractivity contribution in [1.29, 1.82) is 0 Å². The van der Waals surface area contributed by atoms with Gasteiger partial charge in [-0.3, -0.25) is 0 Å². The van der Waals surface area contributed by atoms with E-state index in [1.54, 1.807) is 12.4 Å². The van der Waals surface area contributed by atoms with E-state index in [9.17, 15) is 9.50 Å². The number of benzene rings is 2. The highest BCUT2D eigenvalue weighted by Gasteiger charge is 2.31. The van der Waals surface area contributed by atoms with Crippen LogP contribution in [0.2, 0.25) is 0 Å². The molecule has 2 aliphatic heterocycles. The quantitative estimate of drug-likeness (QED) is 0.794. The zero-order valence-electron chi connectivity index (χ0n) is 13.5. The fourth-order valence-corrected chi connectivity index (χ4v) is 3.99. The minimum atomic E-state index is -0.891. The van der Waals surface area contributed by atoms with Gasteiger partial charge < -0.3 is 14.4 Å². The molecule has 1 aromatic heterocycles. The van der Waals surface area contributed by atoms with Gasteiger partial charge in [-0.05, 0) is 17.2 Å². The van der Waals surface area contributed by atoms with Gasteiger partial charge in [-0.2, -0.15) is 0 Å². The second-order valence-electron chi connectivity index (χ2n) is 6.62. The number of aliphatic hydroxyl groups is 1. The van der Waals surface area contributed by atoms with Crippen LogP contribution < -0.4 is 4.74 Å². The van der Waals surface area contributed by atoms with Gasteiger partial charge >= 0.3 is 0 Å². The molecule has 0 amide bonds. The number of hydrogen-bond acceptors (Lipinski definition) is 3. The maximum Gasteiger partial charge on any atom is 0.132 e. The summed E-state index contributed by atoms with van der Waals surface area (Å²) in [5.74, 6) is 0.182. The minimum absolute atomic E-state index is 0.0485. The van der Waals surface area contributed by atoms with Crippen molar-refractivity contribution in [1.82, 2.24) is 9.55 Å². The maximum atomic E-state index is 14.4. The van der Waals surface area contributed by atoms with Crippen molar-refractivity contribution in [2.24, 2.45) is 0 Å². The largest absolute Gasteiger partial charge is 0.493 e. The van der Waals surface area contributed by atoms with Gasteiger partial charge in [0, 0.05) is 30.0 Å². The number of aromatic nitrogens is 2. The molecule has 0 radical (unpaired) electrons. The molecule has 0 unspecified atom stereocenters. The van der Waals surface area contributed by atoms with Gasteiger partial charge in [-0.25, -0.2) is 9.37 Å². The Balaban J connectivity index is 1.50. The summed E-state index contributed by atoms with van der Waals surface area (Å²) < 4.78 is 21.9. The Morgan fingerprint density at radius 1 is 1.32 bits per heavy atom. The first kappa shape index (κ1) is 14.7. The fraction of sp³-hybridized carbons (Fsp3) is 0.250. The molecule has 0 bridgehead atoms. The van der Waals surface area contributed by atoms with Crippen molar-refractivity contribution in [3.63, 3.8) is 0 Å². The third-order valence-electron chi connectivity index (χ3n) is 5.21. The summed E-state index contributed by atoms with van der Waals surface area (Å²) in [7, 11) is 0. The second-order valence-corrected chi connectivity index (χ2v) is 6.62. The number of ether oxygens (including phenoxy) is 1. The molecule has 3 heterocycles. The lowest BCUT2D eigenvalue weighted by molar-refractivity contribution is 0.149. The van der Waals surface area contributed by atoms with E-state index in [2.05, 4.69) is 21.7 Å². The summed E-state index contributed by atoms with van der Waals surface area (Å²) in [6, 6.07) is 11.2. The van der Waals surface area contributed by atoms with Gasteiger partial charge in [0.15, 0.2) is 0 Å². The molecule has 0 spiro atoms. The van der Waals surface area contributed by atoms with Gasteiger partial charge in [0.2, 0.25) is 0 Å². The van der Waals surface area contributed by atoms with Crippen LogP contribution in [0.5, 0.6) is 5.75 Å².